The fraction of sp³-hybridized carbons (Fsp3) is 0.0847. The Kier molecular flexibility index (Phi) is 5.08. The molecule has 3 aromatic heterocycles. The summed E-state index contributed by atoms with van der Waals surface area (Å²) < 4.78 is 9.77. The van der Waals surface area contributed by atoms with Crippen LogP contribution in [-0.2, 0) is 5.41 Å². The Bertz CT molecular complexity index is 4290. The molecule has 0 saturated carbocycles. The topological polar surface area (TPSA) is 65.1 Å². The smallest absolute Gasteiger partial charge is 0.145 e. The zero-order chi connectivity index (χ0) is 40.8. The van der Waals surface area contributed by atoms with Crippen molar-refractivity contribution in [2.45, 2.75) is 29.1 Å². The molecule has 1 spiro atoms. The van der Waals surface area contributed by atoms with E-state index >= 15 is 0 Å². The van der Waals surface area contributed by atoms with Gasteiger partial charge in [-0.05, 0) is 96.4 Å². The van der Waals surface area contributed by atoms with E-state index in [2.05, 4.69) is 168 Å². The third-order valence-corrected chi connectivity index (χ3v) is 16.6. The van der Waals surface area contributed by atoms with Crippen molar-refractivity contribution in [3.05, 3.63) is 230 Å². The van der Waals surface area contributed by atoms with Crippen molar-refractivity contribution in [2.75, 3.05) is 0 Å². The van der Waals surface area contributed by atoms with E-state index in [1.165, 1.54) is 77.4 Å². The monoisotopic (exact) mass is 795 g/mol. The highest BCUT2D eigenvalue weighted by Gasteiger charge is 2.70. The van der Waals surface area contributed by atoms with Gasteiger partial charge in [-0.25, -0.2) is 0 Å². The first-order valence-electron chi connectivity index (χ1n) is 22.0. The van der Waals surface area contributed by atoms with Crippen molar-refractivity contribution < 1.29 is 4.42 Å². The van der Waals surface area contributed by atoms with Gasteiger partial charge in [-0.2, -0.15) is 10.5 Å². The van der Waals surface area contributed by atoms with Crippen molar-refractivity contribution in [1.82, 2.24) is 4.40 Å². The second-order valence-electron chi connectivity index (χ2n) is 18.7. The van der Waals surface area contributed by atoms with Gasteiger partial charge in [-0.15, -0.1) is 0 Å². The van der Waals surface area contributed by atoms with Gasteiger partial charge < -0.3 is 8.82 Å². The van der Waals surface area contributed by atoms with Crippen LogP contribution in [0.25, 0.3) is 70.8 Å². The molecular weight excluding hydrogens is 767 g/mol. The number of nitriles is 2. The molecule has 3 heterocycles. The number of hydrogen-bond acceptors (Lipinski definition) is 3. The molecule has 3 atom stereocenters. The van der Waals surface area contributed by atoms with E-state index in [0.29, 0.717) is 5.56 Å². The molecule has 2 bridgehead atoms. The number of aromatic nitrogens is 1. The van der Waals surface area contributed by atoms with Crippen molar-refractivity contribution in [3.63, 3.8) is 0 Å². The molecule has 6 aliphatic rings. The summed E-state index contributed by atoms with van der Waals surface area (Å²) in [5.74, 6) is 0.0889. The van der Waals surface area contributed by atoms with Gasteiger partial charge in [0.05, 0.1) is 45.2 Å². The third-order valence-electron chi connectivity index (χ3n) is 16.6. The summed E-state index contributed by atoms with van der Waals surface area (Å²) in [6, 6.07) is 60.9. The number of furan rings is 1. The van der Waals surface area contributed by atoms with Crippen molar-refractivity contribution >= 4 is 70.8 Å². The summed E-state index contributed by atoms with van der Waals surface area (Å²) in [4.78, 5) is 0. The quantitative estimate of drug-likeness (QED) is 0.154. The Labute approximate surface area is 359 Å². The fourth-order valence-corrected chi connectivity index (χ4v) is 14.7. The first kappa shape index (κ1) is 31.7. The largest absolute Gasteiger partial charge is 0.455 e. The van der Waals surface area contributed by atoms with Crippen LogP contribution in [0.3, 0.4) is 0 Å². The van der Waals surface area contributed by atoms with Crippen molar-refractivity contribution in [2.24, 2.45) is 0 Å². The number of hydrogen-bond donors (Lipinski definition) is 0. The van der Waals surface area contributed by atoms with Gasteiger partial charge in [0.25, 0.3) is 0 Å². The molecule has 6 aliphatic carbocycles. The Morgan fingerprint density at radius 3 is 1.67 bits per heavy atom. The predicted molar refractivity (Wildman–Crippen MR) is 247 cm³/mol. The van der Waals surface area contributed by atoms with E-state index < -0.39 is 0 Å². The summed E-state index contributed by atoms with van der Waals surface area (Å²) in [6.45, 7) is 0. The molecule has 0 aliphatic heterocycles. The van der Waals surface area contributed by atoms with E-state index in [1.54, 1.807) is 0 Å². The van der Waals surface area contributed by atoms with Crippen molar-refractivity contribution in [1.29, 1.82) is 10.5 Å². The summed E-state index contributed by atoms with van der Waals surface area (Å²) in [5, 5.41) is 31.7. The molecule has 63 heavy (non-hydrogen) atoms. The Morgan fingerprint density at radius 2 is 1.00 bits per heavy atom. The molecular formula is C59H29N3O. The van der Waals surface area contributed by atoms with E-state index in [9.17, 15) is 10.5 Å². The minimum absolute atomic E-state index is 0.0366. The highest BCUT2D eigenvalue weighted by molar-refractivity contribution is 6.35. The molecule has 0 N–H and O–H groups in total. The molecule has 4 nitrogen and oxygen atoms in total. The lowest BCUT2D eigenvalue weighted by Gasteiger charge is -2.58. The maximum absolute atomic E-state index is 11.3. The molecule has 0 amide bonds. The van der Waals surface area contributed by atoms with Crippen LogP contribution in [0.2, 0.25) is 0 Å². The molecule has 0 saturated heterocycles. The molecule has 3 unspecified atom stereocenters. The minimum Gasteiger partial charge on any atom is -0.455 e. The van der Waals surface area contributed by atoms with Gasteiger partial charge in [-0.1, -0.05) is 127 Å². The van der Waals surface area contributed by atoms with Gasteiger partial charge in [0.1, 0.15) is 11.2 Å². The first-order chi connectivity index (χ1) is 31.2. The lowest BCUT2D eigenvalue weighted by atomic mass is 9.43. The van der Waals surface area contributed by atoms with Gasteiger partial charge >= 0.3 is 0 Å². The summed E-state index contributed by atoms with van der Waals surface area (Å²) in [7, 11) is 0. The number of rotatable bonds is 0. The summed E-state index contributed by atoms with van der Waals surface area (Å²) in [6.07, 6.45) is 0. The Hall–Kier alpha value is -8.18. The fourth-order valence-electron chi connectivity index (χ4n) is 14.7. The molecule has 4 heteroatoms. The first-order valence-corrected chi connectivity index (χ1v) is 22.0. The summed E-state index contributed by atoms with van der Waals surface area (Å²) >= 11 is 0. The molecule has 0 fully saturated rings. The molecule has 9 aromatic carbocycles. The molecule has 0 radical (unpaired) electrons. The number of nitrogens with zero attached hydrogens (tertiary/aromatic N) is 3. The van der Waals surface area contributed by atoms with Crippen LogP contribution in [0.5, 0.6) is 0 Å². The average Bonchev–Trinajstić information content (AvgIpc) is 4.04. The molecule has 18 rings (SSSR count). The van der Waals surface area contributed by atoms with Gasteiger partial charge in [0, 0.05) is 61.4 Å². The standard InChI is InChI=1S/C59H29N3O/c60-26-29-23-43-49(51-45(29)47-32-13-3-5-15-34(32)48(51)35-16-6-4-14-33(35)47)40-25-39-36-22-21-28-11-1-2-12-31(28)57(36)63-58(39)53-50-44(62(43)56(40)53)24-30(27-61)46-52(50)55-38-18-8-10-20-42(38)59(55)41-19-9-7-17-37(41)54(46)59/h1-25,47-48,54-55H. The highest BCUT2D eigenvalue weighted by atomic mass is 16.3. The minimum atomic E-state index is -0.222. The van der Waals surface area contributed by atoms with Crippen LogP contribution >= 0.6 is 0 Å². The second kappa shape index (κ2) is 10.1. The van der Waals surface area contributed by atoms with Crippen LogP contribution in [-0.4, -0.2) is 4.40 Å². The van der Waals surface area contributed by atoms with Gasteiger partial charge in [0.2, 0.25) is 0 Å². The van der Waals surface area contributed by atoms with Gasteiger partial charge in [0.15, 0.2) is 0 Å². The second-order valence-corrected chi connectivity index (χ2v) is 18.7. The third kappa shape index (κ3) is 3.10. The van der Waals surface area contributed by atoms with Gasteiger partial charge in [-0.3, -0.25) is 0 Å². The van der Waals surface area contributed by atoms with Crippen LogP contribution in [0.4, 0.5) is 0 Å². The van der Waals surface area contributed by atoms with E-state index in [1.807, 2.05) is 0 Å². The lowest BCUT2D eigenvalue weighted by molar-refractivity contribution is 0.333. The van der Waals surface area contributed by atoms with E-state index in [-0.39, 0.29) is 29.1 Å². The molecule has 286 valence electrons. The highest BCUT2D eigenvalue weighted by Crippen LogP contribution is 2.78. The van der Waals surface area contributed by atoms with Crippen LogP contribution < -0.4 is 0 Å². The zero-order valence-corrected chi connectivity index (χ0v) is 33.5. The van der Waals surface area contributed by atoms with E-state index in [0.717, 1.165) is 65.8 Å². The van der Waals surface area contributed by atoms with E-state index in [4.69, 9.17) is 4.42 Å². The van der Waals surface area contributed by atoms with Crippen LogP contribution in [0.15, 0.2) is 156 Å². The number of benzene rings is 9. The predicted octanol–water partition coefficient (Wildman–Crippen LogP) is 13.5. The maximum Gasteiger partial charge on any atom is 0.145 e. The van der Waals surface area contributed by atoms with Crippen LogP contribution in [0, 0.1) is 22.7 Å². The average molecular weight is 796 g/mol. The van der Waals surface area contributed by atoms with Crippen LogP contribution in [0.1, 0.15) is 102 Å². The molecule has 12 aromatic rings. The Morgan fingerprint density at radius 1 is 0.444 bits per heavy atom. The maximum atomic E-state index is 11.3. The lowest BCUT2D eigenvalue weighted by Crippen LogP contribution is -2.52. The summed E-state index contributed by atoms with van der Waals surface area (Å²) in [5.41, 5.74) is 21.6. The van der Waals surface area contributed by atoms with Crippen molar-refractivity contribution in [3.8, 4) is 12.1 Å². The normalized spacial score (nSPS) is 21.4. The number of fused-ring (bicyclic) bond motifs is 20. The zero-order valence-electron chi connectivity index (χ0n) is 33.5. The Balaban J connectivity index is 1.12. The SMILES string of the molecule is N#Cc1cc2c(c3c1C1c4ccccc4C3c3ccccc31)c1cc3c4ccc5ccccc5c4oc3c3c4c5c(c(C#N)cc4n2c13)C1c2ccccc2C12c1ccccc1C52.